The normalized spacial score (nSPS) is 12.0. The molecular weight excluding hydrogens is 329 g/mol. The van der Waals surface area contributed by atoms with Gasteiger partial charge in [-0.15, -0.1) is 6.58 Å². The number of imidazole rings is 1. The van der Waals surface area contributed by atoms with Gasteiger partial charge in [-0.2, -0.15) is 12.7 Å². The molecule has 0 aromatic carbocycles. The molecule has 0 aliphatic carbocycles. The van der Waals surface area contributed by atoms with E-state index in [0.717, 1.165) is 4.31 Å². The molecule has 0 amide bonds. The van der Waals surface area contributed by atoms with Crippen molar-refractivity contribution in [2.75, 3.05) is 14.1 Å². The molecule has 0 unspecified atom stereocenters. The average Bonchev–Trinajstić information content (AvgIpc) is 2.49. The molecule has 0 radical (unpaired) electrons. The van der Waals surface area contributed by atoms with E-state index in [0.29, 0.717) is 15.8 Å². The molecule has 0 saturated carbocycles. The molecule has 0 spiro atoms. The van der Waals surface area contributed by atoms with Crippen molar-refractivity contribution in [3.05, 3.63) is 28.4 Å². The van der Waals surface area contributed by atoms with E-state index in [-0.39, 0.29) is 0 Å². The van der Waals surface area contributed by atoms with E-state index >= 15 is 0 Å². The molecular formula is C8H12IN3O2S. The lowest BCUT2D eigenvalue weighted by Crippen LogP contribution is -2.29. The van der Waals surface area contributed by atoms with Crippen LogP contribution in [0.1, 0.15) is 5.69 Å². The second kappa shape index (κ2) is 4.62. The zero-order valence-electron chi connectivity index (χ0n) is 8.51. The minimum Gasteiger partial charge on any atom is -0.229 e. The maximum absolute atomic E-state index is 11.9. The maximum atomic E-state index is 11.9. The van der Waals surface area contributed by atoms with Crippen LogP contribution in [0.5, 0.6) is 0 Å². The van der Waals surface area contributed by atoms with Gasteiger partial charge in [-0.1, -0.05) is 6.08 Å². The Morgan fingerprint density at radius 3 is 2.73 bits per heavy atom. The van der Waals surface area contributed by atoms with Crippen molar-refractivity contribution in [3.8, 4) is 0 Å². The number of hydrogen-bond donors (Lipinski definition) is 0. The summed E-state index contributed by atoms with van der Waals surface area (Å²) in [6, 6.07) is 0. The first kappa shape index (κ1) is 12.7. The van der Waals surface area contributed by atoms with Crippen molar-refractivity contribution in [3.63, 3.8) is 0 Å². The molecule has 0 bridgehead atoms. The minimum absolute atomic E-state index is 0.478. The van der Waals surface area contributed by atoms with E-state index in [4.69, 9.17) is 0 Å². The number of hydrogen-bond acceptors (Lipinski definition) is 3. The minimum atomic E-state index is -3.47. The van der Waals surface area contributed by atoms with Crippen LogP contribution in [-0.4, -0.2) is 35.8 Å². The van der Waals surface area contributed by atoms with E-state index in [9.17, 15) is 8.42 Å². The van der Waals surface area contributed by atoms with Gasteiger partial charge in [0.25, 0.3) is 0 Å². The van der Waals surface area contributed by atoms with Crippen molar-refractivity contribution in [2.45, 2.75) is 6.42 Å². The number of allylic oxidation sites excluding steroid dienone is 1. The van der Waals surface area contributed by atoms with Gasteiger partial charge in [-0.05, 0) is 22.6 Å². The summed E-state index contributed by atoms with van der Waals surface area (Å²) in [5.41, 5.74) is 0.638. The van der Waals surface area contributed by atoms with Crippen LogP contribution in [0.3, 0.4) is 0 Å². The van der Waals surface area contributed by atoms with Crippen LogP contribution < -0.4 is 0 Å². The van der Waals surface area contributed by atoms with Crippen LogP contribution in [0.4, 0.5) is 0 Å². The quantitative estimate of drug-likeness (QED) is 0.603. The van der Waals surface area contributed by atoms with Crippen molar-refractivity contribution in [1.82, 2.24) is 13.3 Å². The van der Waals surface area contributed by atoms with Gasteiger partial charge in [0.15, 0.2) is 0 Å². The summed E-state index contributed by atoms with van der Waals surface area (Å²) >= 11 is 2.01. The van der Waals surface area contributed by atoms with Gasteiger partial charge in [0.1, 0.15) is 10.0 Å². The summed E-state index contributed by atoms with van der Waals surface area (Å²) < 4.78 is 26.7. The predicted octanol–water partition coefficient (Wildman–Crippen LogP) is 0.871. The van der Waals surface area contributed by atoms with Gasteiger partial charge in [0, 0.05) is 20.5 Å². The molecule has 15 heavy (non-hydrogen) atoms. The second-order valence-electron chi connectivity index (χ2n) is 3.06. The summed E-state index contributed by atoms with van der Waals surface area (Å²) in [6.45, 7) is 3.59. The lowest BCUT2D eigenvalue weighted by Gasteiger charge is -2.13. The largest absolute Gasteiger partial charge is 0.308 e. The molecule has 0 saturated heterocycles. The molecule has 84 valence electrons. The Morgan fingerprint density at radius 1 is 1.67 bits per heavy atom. The Morgan fingerprint density at radius 2 is 2.27 bits per heavy atom. The van der Waals surface area contributed by atoms with Crippen LogP contribution in [0.25, 0.3) is 0 Å². The Bertz CT molecular complexity index is 464. The van der Waals surface area contributed by atoms with Crippen LogP contribution in [-0.2, 0) is 16.6 Å². The van der Waals surface area contributed by atoms with Gasteiger partial charge in [-0.25, -0.2) is 8.96 Å². The van der Waals surface area contributed by atoms with Crippen molar-refractivity contribution >= 4 is 32.8 Å². The third kappa shape index (κ3) is 2.40. The smallest absolute Gasteiger partial charge is 0.229 e. The molecule has 5 nitrogen and oxygen atoms in total. The SMILES string of the molecule is C=CCc1c(I)ncn1S(=O)(=O)N(C)C. The fourth-order valence-corrected chi connectivity index (χ4v) is 2.75. The van der Waals surface area contributed by atoms with Crippen molar-refractivity contribution < 1.29 is 8.42 Å². The zero-order valence-corrected chi connectivity index (χ0v) is 11.5. The molecule has 0 fully saturated rings. The fourth-order valence-electron chi connectivity index (χ4n) is 1.02. The van der Waals surface area contributed by atoms with E-state index in [1.165, 1.54) is 24.4 Å². The van der Waals surface area contributed by atoms with Crippen LogP contribution >= 0.6 is 22.6 Å². The van der Waals surface area contributed by atoms with E-state index in [1.807, 2.05) is 22.6 Å². The first-order valence-corrected chi connectivity index (χ1v) is 6.64. The van der Waals surface area contributed by atoms with Crippen LogP contribution in [0.15, 0.2) is 19.0 Å². The second-order valence-corrected chi connectivity index (χ2v) is 6.10. The highest BCUT2D eigenvalue weighted by Crippen LogP contribution is 2.15. The van der Waals surface area contributed by atoms with Crippen LogP contribution in [0.2, 0.25) is 0 Å². The van der Waals surface area contributed by atoms with Crippen LogP contribution in [0, 0.1) is 3.70 Å². The summed E-state index contributed by atoms with van der Waals surface area (Å²) in [5, 5.41) is 0. The van der Waals surface area contributed by atoms with Gasteiger partial charge in [-0.3, -0.25) is 0 Å². The molecule has 1 aromatic rings. The molecule has 7 heteroatoms. The summed E-state index contributed by atoms with van der Waals surface area (Å²) in [7, 11) is -0.502. The highest BCUT2D eigenvalue weighted by atomic mass is 127. The van der Waals surface area contributed by atoms with E-state index in [2.05, 4.69) is 11.6 Å². The lowest BCUT2D eigenvalue weighted by molar-refractivity contribution is 0.509. The van der Waals surface area contributed by atoms with Gasteiger partial charge in [0.2, 0.25) is 0 Å². The number of halogens is 1. The number of rotatable bonds is 4. The maximum Gasteiger partial charge on any atom is 0.308 e. The first-order chi connectivity index (χ1) is 6.91. The Hall–Kier alpha value is -0.410. The number of aromatic nitrogens is 2. The van der Waals surface area contributed by atoms with Gasteiger partial charge < -0.3 is 0 Å². The third-order valence-corrected chi connectivity index (χ3v) is 4.46. The molecule has 0 N–H and O–H groups in total. The number of nitrogens with zero attached hydrogens (tertiary/aromatic N) is 3. The Balaban J connectivity index is 3.32. The highest BCUT2D eigenvalue weighted by molar-refractivity contribution is 14.1. The Kier molecular flexibility index (Phi) is 3.90. The van der Waals surface area contributed by atoms with Gasteiger partial charge >= 0.3 is 10.2 Å². The fraction of sp³-hybridized carbons (Fsp3) is 0.375. The Labute approximate surface area is 103 Å². The lowest BCUT2D eigenvalue weighted by atomic mass is 10.3. The summed E-state index contributed by atoms with van der Waals surface area (Å²) in [4.78, 5) is 3.98. The van der Waals surface area contributed by atoms with E-state index in [1.54, 1.807) is 6.08 Å². The monoisotopic (exact) mass is 341 g/mol. The predicted molar refractivity (Wildman–Crippen MR) is 66.8 cm³/mol. The van der Waals surface area contributed by atoms with E-state index < -0.39 is 10.2 Å². The van der Waals surface area contributed by atoms with Crippen molar-refractivity contribution in [2.24, 2.45) is 0 Å². The summed E-state index contributed by atoms with van der Waals surface area (Å²) in [5.74, 6) is 0. The summed E-state index contributed by atoms with van der Waals surface area (Å²) in [6.07, 6.45) is 3.45. The molecule has 0 aliphatic rings. The standard InChI is InChI=1S/C8H12IN3O2S/c1-4-5-7-8(9)10-6-12(7)15(13,14)11(2)3/h4,6H,1,5H2,2-3H3. The third-order valence-electron chi connectivity index (χ3n) is 1.83. The molecule has 1 heterocycles. The highest BCUT2D eigenvalue weighted by Gasteiger charge is 2.21. The van der Waals surface area contributed by atoms with Gasteiger partial charge in [0.05, 0.1) is 5.69 Å². The molecule has 0 aliphatic heterocycles. The molecule has 1 rings (SSSR count). The average molecular weight is 341 g/mol. The topological polar surface area (TPSA) is 55.2 Å². The molecule has 0 atom stereocenters. The zero-order chi connectivity index (χ0) is 11.6. The first-order valence-electron chi connectivity index (χ1n) is 4.17. The van der Waals surface area contributed by atoms with Crippen molar-refractivity contribution in [1.29, 1.82) is 0 Å². The molecule has 1 aromatic heterocycles.